The first-order chi connectivity index (χ1) is 9.06. The van der Waals surface area contributed by atoms with Gasteiger partial charge in [-0.1, -0.05) is 34.1 Å². The SMILES string of the molecule is N#CCc1ccc(CC(=O)CBr)c(/C=C/C(=O)O)c1. The second kappa shape index (κ2) is 7.49. The maximum atomic E-state index is 11.4. The van der Waals surface area contributed by atoms with E-state index in [0.717, 1.165) is 17.2 Å². The summed E-state index contributed by atoms with van der Waals surface area (Å²) in [5.74, 6) is -1.04. The van der Waals surface area contributed by atoms with E-state index in [1.807, 2.05) is 6.07 Å². The number of Topliss-reactive ketones (excluding diaryl/α,β-unsaturated/α-hetero) is 1. The highest BCUT2D eigenvalue weighted by molar-refractivity contribution is 9.09. The minimum Gasteiger partial charge on any atom is -0.478 e. The number of aliphatic carboxylic acids is 1. The number of ketones is 1. The Morgan fingerprint density at radius 2 is 2.16 bits per heavy atom. The molecule has 0 aliphatic rings. The minimum absolute atomic E-state index is 0.0120. The van der Waals surface area contributed by atoms with Gasteiger partial charge in [-0.3, -0.25) is 4.79 Å². The average molecular weight is 322 g/mol. The van der Waals surface area contributed by atoms with Crippen LogP contribution in [0.15, 0.2) is 24.3 Å². The molecule has 1 aromatic rings. The summed E-state index contributed by atoms with van der Waals surface area (Å²) < 4.78 is 0. The predicted molar refractivity (Wildman–Crippen MR) is 74.9 cm³/mol. The highest BCUT2D eigenvalue weighted by atomic mass is 79.9. The number of carbonyl (C=O) groups is 2. The number of carboxylic acids is 1. The van der Waals surface area contributed by atoms with Crippen molar-refractivity contribution >= 4 is 33.8 Å². The van der Waals surface area contributed by atoms with Crippen LogP contribution in [0.2, 0.25) is 0 Å². The average Bonchev–Trinajstić information content (AvgIpc) is 2.38. The molecule has 0 bridgehead atoms. The van der Waals surface area contributed by atoms with Gasteiger partial charge in [0.05, 0.1) is 17.8 Å². The van der Waals surface area contributed by atoms with E-state index in [9.17, 15) is 9.59 Å². The van der Waals surface area contributed by atoms with E-state index < -0.39 is 5.97 Å². The number of hydrogen-bond acceptors (Lipinski definition) is 3. The Morgan fingerprint density at radius 3 is 2.74 bits per heavy atom. The van der Waals surface area contributed by atoms with E-state index in [0.29, 0.717) is 5.56 Å². The Kier molecular flexibility index (Phi) is 5.97. The van der Waals surface area contributed by atoms with Crippen LogP contribution in [0.5, 0.6) is 0 Å². The maximum Gasteiger partial charge on any atom is 0.328 e. The molecule has 98 valence electrons. The Morgan fingerprint density at radius 1 is 1.42 bits per heavy atom. The number of nitriles is 1. The molecule has 0 spiro atoms. The highest BCUT2D eigenvalue weighted by Crippen LogP contribution is 2.16. The van der Waals surface area contributed by atoms with Crippen molar-refractivity contribution in [1.82, 2.24) is 0 Å². The monoisotopic (exact) mass is 321 g/mol. The van der Waals surface area contributed by atoms with Gasteiger partial charge in [-0.25, -0.2) is 4.79 Å². The summed E-state index contributed by atoms with van der Waals surface area (Å²) in [7, 11) is 0. The summed E-state index contributed by atoms with van der Waals surface area (Å²) in [5, 5.41) is 17.6. The number of carboxylic acid groups (broad SMARTS) is 1. The van der Waals surface area contributed by atoms with Crippen LogP contribution in [0.4, 0.5) is 0 Å². The lowest BCUT2D eigenvalue weighted by Crippen LogP contribution is -2.05. The third-order valence-corrected chi connectivity index (χ3v) is 3.06. The second-order valence-corrected chi connectivity index (χ2v) is 4.45. The Balaban J connectivity index is 3.11. The summed E-state index contributed by atoms with van der Waals surface area (Å²) in [6.45, 7) is 0. The number of carbonyl (C=O) groups excluding carboxylic acids is 1. The van der Waals surface area contributed by atoms with Crippen molar-refractivity contribution in [2.75, 3.05) is 5.33 Å². The van der Waals surface area contributed by atoms with Gasteiger partial charge >= 0.3 is 5.97 Å². The van der Waals surface area contributed by atoms with E-state index >= 15 is 0 Å². The van der Waals surface area contributed by atoms with Crippen LogP contribution in [-0.4, -0.2) is 22.2 Å². The zero-order chi connectivity index (χ0) is 14.3. The van der Waals surface area contributed by atoms with Crippen LogP contribution >= 0.6 is 15.9 Å². The van der Waals surface area contributed by atoms with E-state index in [1.54, 1.807) is 18.2 Å². The first-order valence-corrected chi connectivity index (χ1v) is 6.66. The van der Waals surface area contributed by atoms with Gasteiger partial charge in [0.1, 0.15) is 5.78 Å². The van der Waals surface area contributed by atoms with Crippen LogP contribution in [-0.2, 0) is 22.4 Å². The van der Waals surface area contributed by atoms with E-state index in [2.05, 4.69) is 15.9 Å². The molecule has 5 heteroatoms. The standard InChI is InChI=1S/C14H12BrNO3/c15-9-13(17)8-12-2-1-10(5-6-16)7-11(12)3-4-14(18)19/h1-4,7H,5,8-9H2,(H,18,19)/b4-3+. The third-order valence-electron chi connectivity index (χ3n) is 2.44. The first-order valence-electron chi connectivity index (χ1n) is 5.54. The molecule has 0 amide bonds. The number of rotatable bonds is 6. The summed E-state index contributed by atoms with van der Waals surface area (Å²) in [6, 6.07) is 7.30. The Bertz CT molecular complexity index is 558. The lowest BCUT2D eigenvalue weighted by Gasteiger charge is -2.06. The van der Waals surface area contributed by atoms with Gasteiger partial charge in [0.2, 0.25) is 0 Å². The summed E-state index contributed by atoms with van der Waals surface area (Å²) in [6.07, 6.45) is 2.95. The number of halogens is 1. The first kappa shape index (κ1) is 15.1. The van der Waals surface area contributed by atoms with Crippen molar-refractivity contribution in [2.24, 2.45) is 0 Å². The molecule has 0 saturated carbocycles. The molecule has 1 aromatic carbocycles. The fourth-order valence-corrected chi connectivity index (χ4v) is 1.78. The van der Waals surface area contributed by atoms with Gasteiger partial charge in [-0.2, -0.15) is 5.26 Å². The van der Waals surface area contributed by atoms with Crippen molar-refractivity contribution < 1.29 is 14.7 Å². The number of benzene rings is 1. The van der Waals surface area contributed by atoms with Gasteiger partial charge in [-0.05, 0) is 22.8 Å². The zero-order valence-electron chi connectivity index (χ0n) is 10.1. The van der Waals surface area contributed by atoms with Crippen molar-refractivity contribution in [3.8, 4) is 6.07 Å². The fraction of sp³-hybridized carbons (Fsp3) is 0.214. The topological polar surface area (TPSA) is 78.2 Å². The van der Waals surface area contributed by atoms with Crippen LogP contribution in [0.1, 0.15) is 16.7 Å². The predicted octanol–water partition coefficient (Wildman–Crippen LogP) is 2.36. The van der Waals surface area contributed by atoms with Crippen LogP contribution in [0, 0.1) is 11.3 Å². The normalized spacial score (nSPS) is 10.3. The lowest BCUT2D eigenvalue weighted by molar-refractivity contribution is -0.131. The van der Waals surface area contributed by atoms with E-state index in [1.165, 1.54) is 6.08 Å². The van der Waals surface area contributed by atoms with Crippen LogP contribution < -0.4 is 0 Å². The molecule has 0 saturated heterocycles. The van der Waals surface area contributed by atoms with Gasteiger partial charge in [0, 0.05) is 12.5 Å². The number of hydrogen-bond donors (Lipinski definition) is 1. The summed E-state index contributed by atoms with van der Waals surface area (Å²) in [4.78, 5) is 22.0. The van der Waals surface area contributed by atoms with Gasteiger partial charge in [0.15, 0.2) is 0 Å². The van der Waals surface area contributed by atoms with Crippen molar-refractivity contribution in [3.05, 3.63) is 41.0 Å². The molecule has 0 radical (unpaired) electrons. The molecular weight excluding hydrogens is 310 g/mol. The third kappa shape index (κ3) is 5.06. The lowest BCUT2D eigenvalue weighted by atomic mass is 9.98. The maximum absolute atomic E-state index is 11.4. The Labute approximate surface area is 119 Å². The van der Waals surface area contributed by atoms with Crippen molar-refractivity contribution in [1.29, 1.82) is 5.26 Å². The van der Waals surface area contributed by atoms with E-state index in [4.69, 9.17) is 10.4 Å². The quantitative estimate of drug-likeness (QED) is 0.644. The Hall–Kier alpha value is -1.93. The molecule has 0 aromatic heterocycles. The van der Waals surface area contributed by atoms with Gasteiger partial charge in [0.25, 0.3) is 0 Å². The second-order valence-electron chi connectivity index (χ2n) is 3.89. The van der Waals surface area contributed by atoms with Crippen LogP contribution in [0.25, 0.3) is 6.08 Å². The molecule has 0 atom stereocenters. The molecule has 0 fully saturated rings. The largest absolute Gasteiger partial charge is 0.478 e. The molecule has 0 heterocycles. The van der Waals surface area contributed by atoms with Gasteiger partial charge in [-0.15, -0.1) is 0 Å². The van der Waals surface area contributed by atoms with Crippen molar-refractivity contribution in [3.63, 3.8) is 0 Å². The molecule has 4 nitrogen and oxygen atoms in total. The summed E-state index contributed by atoms with van der Waals surface area (Å²) >= 11 is 3.09. The molecule has 1 N–H and O–H groups in total. The molecule has 19 heavy (non-hydrogen) atoms. The molecule has 0 aliphatic heterocycles. The van der Waals surface area contributed by atoms with Crippen molar-refractivity contribution in [2.45, 2.75) is 12.8 Å². The van der Waals surface area contributed by atoms with Crippen LogP contribution in [0.3, 0.4) is 0 Å². The highest BCUT2D eigenvalue weighted by Gasteiger charge is 2.07. The zero-order valence-corrected chi connectivity index (χ0v) is 11.7. The van der Waals surface area contributed by atoms with Gasteiger partial charge < -0.3 is 5.11 Å². The number of alkyl halides is 1. The molecular formula is C14H12BrNO3. The summed E-state index contributed by atoms with van der Waals surface area (Å²) in [5.41, 5.74) is 2.20. The number of nitrogens with zero attached hydrogens (tertiary/aromatic N) is 1. The molecule has 1 rings (SSSR count). The fourth-order valence-electron chi connectivity index (χ4n) is 1.58. The molecule has 0 aliphatic carbocycles. The molecule has 0 unspecified atom stereocenters. The minimum atomic E-state index is -1.05. The smallest absolute Gasteiger partial charge is 0.328 e. The van der Waals surface area contributed by atoms with E-state index in [-0.39, 0.29) is 24.0 Å².